The molecule has 0 aliphatic carbocycles. The van der Waals surface area contributed by atoms with Gasteiger partial charge in [0.2, 0.25) is 5.95 Å². The van der Waals surface area contributed by atoms with Gasteiger partial charge < -0.3 is 15.1 Å². The van der Waals surface area contributed by atoms with E-state index in [-0.39, 0.29) is 11.7 Å². The summed E-state index contributed by atoms with van der Waals surface area (Å²) in [6.45, 7) is 8.08. The molecule has 6 nitrogen and oxygen atoms in total. The number of rotatable bonds is 6. The van der Waals surface area contributed by atoms with Gasteiger partial charge in [0.25, 0.3) is 5.91 Å². The molecule has 27 heavy (non-hydrogen) atoms. The van der Waals surface area contributed by atoms with Gasteiger partial charge >= 0.3 is 0 Å². The number of nitrogens with one attached hydrogen (secondary N) is 1. The number of hydrogen-bond acceptors (Lipinski definition) is 5. The summed E-state index contributed by atoms with van der Waals surface area (Å²) >= 11 is 0. The van der Waals surface area contributed by atoms with Crippen LogP contribution in [-0.4, -0.2) is 48.6 Å². The molecule has 1 N–H and O–H groups in total. The van der Waals surface area contributed by atoms with Crippen molar-refractivity contribution in [1.29, 1.82) is 0 Å². The van der Waals surface area contributed by atoms with Crippen LogP contribution in [0.3, 0.4) is 0 Å². The zero-order valence-corrected chi connectivity index (χ0v) is 15.9. The van der Waals surface area contributed by atoms with Crippen molar-refractivity contribution in [1.82, 2.24) is 15.3 Å². The standard InChI is InChI=1S/C20H26FN5O/c1-15(2)7-8-22-19(27)16-13-23-20(24-14-16)26-11-9-25(10-12-26)18-5-3-17(21)4-6-18/h3-6,13-15H,7-12H2,1-2H3,(H,22,27). The van der Waals surface area contributed by atoms with E-state index in [1.54, 1.807) is 24.5 Å². The molecule has 0 radical (unpaired) electrons. The van der Waals surface area contributed by atoms with E-state index in [1.807, 2.05) is 0 Å². The zero-order chi connectivity index (χ0) is 19.2. The smallest absolute Gasteiger partial charge is 0.254 e. The molecule has 1 aromatic heterocycles. The number of carbonyl (C=O) groups excluding carboxylic acids is 1. The molecule has 7 heteroatoms. The predicted octanol–water partition coefficient (Wildman–Crippen LogP) is 2.72. The lowest BCUT2D eigenvalue weighted by Crippen LogP contribution is -2.47. The van der Waals surface area contributed by atoms with Gasteiger partial charge in [-0.05, 0) is 36.6 Å². The predicted molar refractivity (Wildman–Crippen MR) is 105 cm³/mol. The maximum atomic E-state index is 13.1. The highest BCUT2D eigenvalue weighted by Gasteiger charge is 2.19. The maximum absolute atomic E-state index is 13.1. The van der Waals surface area contributed by atoms with Crippen molar-refractivity contribution in [2.24, 2.45) is 5.92 Å². The van der Waals surface area contributed by atoms with E-state index in [1.165, 1.54) is 12.1 Å². The molecule has 2 heterocycles. The van der Waals surface area contributed by atoms with Crippen molar-refractivity contribution in [2.45, 2.75) is 20.3 Å². The van der Waals surface area contributed by atoms with Crippen LogP contribution in [0, 0.1) is 11.7 Å². The van der Waals surface area contributed by atoms with Crippen LogP contribution in [0.1, 0.15) is 30.6 Å². The molecule has 2 aromatic rings. The molecule has 1 amide bonds. The summed E-state index contributed by atoms with van der Waals surface area (Å²) in [5.74, 6) is 0.826. The van der Waals surface area contributed by atoms with Crippen LogP contribution in [0.15, 0.2) is 36.7 Å². The van der Waals surface area contributed by atoms with Gasteiger partial charge in [-0.15, -0.1) is 0 Å². The molecule has 1 aliphatic heterocycles. The topological polar surface area (TPSA) is 61.4 Å². The van der Waals surface area contributed by atoms with Gasteiger partial charge in [0, 0.05) is 50.8 Å². The molecule has 0 saturated carbocycles. The second kappa shape index (κ2) is 8.79. The summed E-state index contributed by atoms with van der Waals surface area (Å²) < 4.78 is 13.1. The van der Waals surface area contributed by atoms with Crippen molar-refractivity contribution < 1.29 is 9.18 Å². The highest BCUT2D eigenvalue weighted by atomic mass is 19.1. The molecular formula is C20H26FN5O. The molecule has 1 aromatic carbocycles. The summed E-state index contributed by atoms with van der Waals surface area (Å²) in [4.78, 5) is 25.1. The minimum Gasteiger partial charge on any atom is -0.368 e. The van der Waals surface area contributed by atoms with Crippen molar-refractivity contribution in [2.75, 3.05) is 42.5 Å². The second-order valence-corrected chi connectivity index (χ2v) is 7.16. The fourth-order valence-corrected chi connectivity index (χ4v) is 2.99. The number of hydrogen-bond donors (Lipinski definition) is 1. The van der Waals surface area contributed by atoms with Crippen LogP contribution in [0.2, 0.25) is 0 Å². The third kappa shape index (κ3) is 5.15. The summed E-state index contributed by atoms with van der Waals surface area (Å²) in [5, 5.41) is 2.89. The number of amides is 1. The van der Waals surface area contributed by atoms with Crippen molar-refractivity contribution >= 4 is 17.5 Å². The third-order valence-corrected chi connectivity index (χ3v) is 4.66. The van der Waals surface area contributed by atoms with E-state index in [2.05, 4.69) is 38.9 Å². The Hall–Kier alpha value is -2.70. The first-order valence-electron chi connectivity index (χ1n) is 9.38. The van der Waals surface area contributed by atoms with Gasteiger partial charge in [-0.3, -0.25) is 4.79 Å². The molecule has 0 unspecified atom stereocenters. The monoisotopic (exact) mass is 371 g/mol. The minimum absolute atomic E-state index is 0.136. The summed E-state index contributed by atoms with van der Waals surface area (Å²) in [6.07, 6.45) is 4.11. The first kappa shape index (κ1) is 19.1. The van der Waals surface area contributed by atoms with Crippen LogP contribution in [0.5, 0.6) is 0 Å². The SMILES string of the molecule is CC(C)CCNC(=O)c1cnc(N2CCN(c3ccc(F)cc3)CC2)nc1. The average Bonchev–Trinajstić information content (AvgIpc) is 2.68. The number of aromatic nitrogens is 2. The van der Waals surface area contributed by atoms with Gasteiger partial charge in [-0.1, -0.05) is 13.8 Å². The number of anilines is 2. The minimum atomic E-state index is -0.223. The van der Waals surface area contributed by atoms with Gasteiger partial charge in [-0.2, -0.15) is 0 Å². The molecule has 1 saturated heterocycles. The van der Waals surface area contributed by atoms with Gasteiger partial charge in [-0.25, -0.2) is 14.4 Å². The van der Waals surface area contributed by atoms with E-state index >= 15 is 0 Å². The van der Waals surface area contributed by atoms with Crippen molar-refractivity contribution in [3.8, 4) is 0 Å². The molecular weight excluding hydrogens is 345 g/mol. The number of carbonyl (C=O) groups is 1. The fraction of sp³-hybridized carbons (Fsp3) is 0.450. The molecule has 1 fully saturated rings. The van der Waals surface area contributed by atoms with Gasteiger partial charge in [0.15, 0.2) is 0 Å². The average molecular weight is 371 g/mol. The fourth-order valence-electron chi connectivity index (χ4n) is 2.99. The Labute approximate surface area is 159 Å². The van der Waals surface area contributed by atoms with E-state index in [0.717, 1.165) is 38.3 Å². The quantitative estimate of drug-likeness (QED) is 0.846. The van der Waals surface area contributed by atoms with Gasteiger partial charge in [0.1, 0.15) is 5.82 Å². The number of halogens is 1. The molecule has 0 bridgehead atoms. The Morgan fingerprint density at radius 2 is 1.67 bits per heavy atom. The number of benzene rings is 1. The lowest BCUT2D eigenvalue weighted by molar-refractivity contribution is 0.0951. The Bertz CT molecular complexity index is 740. The number of nitrogens with zero attached hydrogens (tertiary/aromatic N) is 4. The third-order valence-electron chi connectivity index (χ3n) is 4.66. The lowest BCUT2D eigenvalue weighted by Gasteiger charge is -2.36. The van der Waals surface area contributed by atoms with Crippen molar-refractivity contribution in [3.05, 3.63) is 48.0 Å². The molecule has 1 aliphatic rings. The summed E-state index contributed by atoms with van der Waals surface area (Å²) in [6, 6.07) is 6.56. The zero-order valence-electron chi connectivity index (χ0n) is 15.9. The van der Waals surface area contributed by atoms with Crippen LogP contribution in [-0.2, 0) is 0 Å². The van der Waals surface area contributed by atoms with E-state index in [4.69, 9.17) is 0 Å². The Morgan fingerprint density at radius 3 is 2.26 bits per heavy atom. The Balaban J connectivity index is 1.52. The maximum Gasteiger partial charge on any atom is 0.254 e. The van der Waals surface area contributed by atoms with E-state index in [9.17, 15) is 9.18 Å². The molecule has 3 rings (SSSR count). The van der Waals surface area contributed by atoms with Crippen molar-refractivity contribution in [3.63, 3.8) is 0 Å². The lowest BCUT2D eigenvalue weighted by atomic mass is 10.1. The van der Waals surface area contributed by atoms with E-state index < -0.39 is 0 Å². The summed E-state index contributed by atoms with van der Waals surface area (Å²) in [5.41, 5.74) is 1.50. The molecule has 0 atom stereocenters. The number of piperazine rings is 1. The van der Waals surface area contributed by atoms with Crippen LogP contribution in [0.25, 0.3) is 0 Å². The molecule has 144 valence electrons. The first-order valence-corrected chi connectivity index (χ1v) is 9.38. The van der Waals surface area contributed by atoms with E-state index in [0.29, 0.717) is 24.0 Å². The van der Waals surface area contributed by atoms with Crippen LogP contribution >= 0.6 is 0 Å². The first-order chi connectivity index (χ1) is 13.0. The normalized spacial score (nSPS) is 14.5. The Kier molecular flexibility index (Phi) is 6.21. The largest absolute Gasteiger partial charge is 0.368 e. The Morgan fingerprint density at radius 1 is 1.07 bits per heavy atom. The highest BCUT2D eigenvalue weighted by Crippen LogP contribution is 2.18. The molecule has 0 spiro atoms. The van der Waals surface area contributed by atoms with Crippen LogP contribution < -0.4 is 15.1 Å². The van der Waals surface area contributed by atoms with Gasteiger partial charge in [0.05, 0.1) is 5.56 Å². The summed E-state index contributed by atoms with van der Waals surface area (Å²) in [7, 11) is 0. The highest BCUT2D eigenvalue weighted by molar-refractivity contribution is 5.93. The second-order valence-electron chi connectivity index (χ2n) is 7.16. The van der Waals surface area contributed by atoms with Crippen LogP contribution in [0.4, 0.5) is 16.0 Å².